The number of hydrogen-bond acceptors (Lipinski definition) is 6. The van der Waals surface area contributed by atoms with Gasteiger partial charge in [0, 0.05) is 22.8 Å². The van der Waals surface area contributed by atoms with Gasteiger partial charge in [-0.05, 0) is 45.0 Å². The fourth-order valence-electron chi connectivity index (χ4n) is 3.23. The van der Waals surface area contributed by atoms with Gasteiger partial charge in [0.1, 0.15) is 5.01 Å². The molecule has 2 aromatic heterocycles. The number of amides is 1. The number of nitrogens with one attached hydrogen (secondary N) is 2. The zero-order chi connectivity index (χ0) is 17.9. The quantitative estimate of drug-likeness (QED) is 0.740. The Morgan fingerprint density at radius 3 is 2.96 bits per heavy atom. The van der Waals surface area contributed by atoms with Crippen molar-refractivity contribution in [3.63, 3.8) is 0 Å². The van der Waals surface area contributed by atoms with Crippen molar-refractivity contribution in [1.29, 1.82) is 0 Å². The SMILES string of the molecule is Cc1c(C(=O)Nc2cccc(-c3nccs3)c2)nnn1C1CCNCC1. The molecular weight excluding hydrogens is 348 g/mol. The highest BCUT2D eigenvalue weighted by atomic mass is 32.1. The minimum atomic E-state index is -0.237. The first kappa shape index (κ1) is 16.9. The Hall–Kier alpha value is -2.58. The summed E-state index contributed by atoms with van der Waals surface area (Å²) < 4.78 is 1.89. The first-order valence-electron chi connectivity index (χ1n) is 8.66. The third kappa shape index (κ3) is 3.38. The average molecular weight is 368 g/mol. The van der Waals surface area contributed by atoms with Crippen LogP contribution in [0, 0.1) is 6.92 Å². The molecule has 0 saturated carbocycles. The third-order valence-electron chi connectivity index (χ3n) is 4.60. The van der Waals surface area contributed by atoms with Crippen LogP contribution in [0.25, 0.3) is 10.6 Å². The van der Waals surface area contributed by atoms with E-state index in [0.717, 1.165) is 47.9 Å². The number of benzene rings is 1. The Morgan fingerprint density at radius 2 is 2.19 bits per heavy atom. The molecular formula is C18H20N6OS. The predicted molar refractivity (Wildman–Crippen MR) is 101 cm³/mol. The van der Waals surface area contributed by atoms with Gasteiger partial charge in [-0.3, -0.25) is 4.79 Å². The highest BCUT2D eigenvalue weighted by Gasteiger charge is 2.23. The number of anilines is 1. The highest BCUT2D eigenvalue weighted by Crippen LogP contribution is 2.25. The summed E-state index contributed by atoms with van der Waals surface area (Å²) in [6.07, 6.45) is 3.77. The standard InChI is InChI=1S/C18H20N6OS/c1-12-16(22-23-24(12)15-5-7-19-8-6-15)17(25)21-14-4-2-3-13(11-14)18-20-9-10-26-18/h2-4,9-11,15,19H,5-8H2,1H3,(H,21,25). The molecule has 8 heteroatoms. The van der Waals surface area contributed by atoms with E-state index in [1.807, 2.05) is 41.3 Å². The Morgan fingerprint density at radius 1 is 1.35 bits per heavy atom. The van der Waals surface area contributed by atoms with Crippen LogP contribution in [0.1, 0.15) is 35.1 Å². The van der Waals surface area contributed by atoms with Crippen LogP contribution in [0.15, 0.2) is 35.8 Å². The van der Waals surface area contributed by atoms with E-state index in [4.69, 9.17) is 0 Å². The van der Waals surface area contributed by atoms with Crippen molar-refractivity contribution < 1.29 is 4.79 Å². The maximum atomic E-state index is 12.7. The number of hydrogen-bond donors (Lipinski definition) is 2. The predicted octanol–water partition coefficient (Wildman–Crippen LogP) is 2.89. The second-order valence-electron chi connectivity index (χ2n) is 6.32. The molecule has 3 aromatic rings. The summed E-state index contributed by atoms with van der Waals surface area (Å²) in [5.74, 6) is -0.237. The number of piperidine rings is 1. The lowest BCUT2D eigenvalue weighted by atomic mass is 10.1. The van der Waals surface area contributed by atoms with Crippen molar-refractivity contribution in [2.24, 2.45) is 0 Å². The minimum Gasteiger partial charge on any atom is -0.321 e. The number of carbonyl (C=O) groups excluding carboxylic acids is 1. The molecule has 4 rings (SSSR count). The van der Waals surface area contributed by atoms with E-state index in [2.05, 4.69) is 25.9 Å². The summed E-state index contributed by atoms with van der Waals surface area (Å²) in [5.41, 5.74) is 2.89. The fraction of sp³-hybridized carbons (Fsp3) is 0.333. The van der Waals surface area contributed by atoms with Gasteiger partial charge < -0.3 is 10.6 Å². The highest BCUT2D eigenvalue weighted by molar-refractivity contribution is 7.13. The Kier molecular flexibility index (Phi) is 4.77. The molecule has 134 valence electrons. The van der Waals surface area contributed by atoms with Crippen LogP contribution in [-0.4, -0.2) is 39.0 Å². The number of aromatic nitrogens is 4. The van der Waals surface area contributed by atoms with Crippen molar-refractivity contribution in [2.45, 2.75) is 25.8 Å². The molecule has 1 aliphatic rings. The van der Waals surface area contributed by atoms with Crippen LogP contribution >= 0.6 is 11.3 Å². The lowest BCUT2D eigenvalue weighted by Gasteiger charge is -2.23. The van der Waals surface area contributed by atoms with E-state index in [1.54, 1.807) is 17.5 Å². The largest absolute Gasteiger partial charge is 0.321 e. The molecule has 1 saturated heterocycles. The van der Waals surface area contributed by atoms with Crippen LogP contribution in [0.3, 0.4) is 0 Å². The van der Waals surface area contributed by atoms with Gasteiger partial charge in [-0.1, -0.05) is 17.3 Å². The van der Waals surface area contributed by atoms with Crippen molar-refractivity contribution in [3.05, 3.63) is 47.2 Å². The number of carbonyl (C=O) groups is 1. The van der Waals surface area contributed by atoms with Gasteiger partial charge in [0.15, 0.2) is 5.69 Å². The van der Waals surface area contributed by atoms with E-state index in [-0.39, 0.29) is 5.91 Å². The molecule has 26 heavy (non-hydrogen) atoms. The lowest BCUT2D eigenvalue weighted by Crippen LogP contribution is -2.30. The monoisotopic (exact) mass is 368 g/mol. The van der Waals surface area contributed by atoms with E-state index in [0.29, 0.717) is 11.7 Å². The van der Waals surface area contributed by atoms with E-state index in [9.17, 15) is 4.79 Å². The van der Waals surface area contributed by atoms with Crippen molar-refractivity contribution in [1.82, 2.24) is 25.3 Å². The normalized spacial score (nSPS) is 15.1. The molecule has 0 atom stereocenters. The molecule has 0 aliphatic carbocycles. The molecule has 3 heterocycles. The summed E-state index contributed by atoms with van der Waals surface area (Å²) in [5, 5.41) is 17.5. The first-order chi connectivity index (χ1) is 12.7. The number of thiazole rings is 1. The van der Waals surface area contributed by atoms with Gasteiger partial charge in [0.2, 0.25) is 0 Å². The summed E-state index contributed by atoms with van der Waals surface area (Å²) in [6.45, 7) is 3.84. The van der Waals surface area contributed by atoms with Gasteiger partial charge in [0.25, 0.3) is 5.91 Å². The molecule has 1 amide bonds. The fourth-order valence-corrected chi connectivity index (χ4v) is 3.87. The van der Waals surface area contributed by atoms with Gasteiger partial charge in [0.05, 0.1) is 11.7 Å². The van der Waals surface area contributed by atoms with Crippen molar-refractivity contribution >= 4 is 22.9 Å². The van der Waals surface area contributed by atoms with Crippen LogP contribution in [-0.2, 0) is 0 Å². The van der Waals surface area contributed by atoms with Gasteiger partial charge in [-0.2, -0.15) is 0 Å². The lowest BCUT2D eigenvalue weighted by molar-refractivity contribution is 0.102. The first-order valence-corrected chi connectivity index (χ1v) is 9.54. The van der Waals surface area contributed by atoms with Crippen LogP contribution in [0.4, 0.5) is 5.69 Å². The summed E-state index contributed by atoms with van der Waals surface area (Å²) in [7, 11) is 0. The second-order valence-corrected chi connectivity index (χ2v) is 7.22. The zero-order valence-corrected chi connectivity index (χ0v) is 15.3. The maximum absolute atomic E-state index is 12.7. The number of nitrogens with zero attached hydrogens (tertiary/aromatic N) is 4. The minimum absolute atomic E-state index is 0.237. The van der Waals surface area contributed by atoms with E-state index in [1.165, 1.54) is 0 Å². The summed E-state index contributed by atoms with van der Waals surface area (Å²) in [4.78, 5) is 17.0. The maximum Gasteiger partial charge on any atom is 0.278 e. The molecule has 7 nitrogen and oxygen atoms in total. The van der Waals surface area contributed by atoms with Crippen LogP contribution in [0.2, 0.25) is 0 Å². The third-order valence-corrected chi connectivity index (χ3v) is 5.42. The smallest absolute Gasteiger partial charge is 0.278 e. The van der Waals surface area contributed by atoms with Crippen molar-refractivity contribution in [3.8, 4) is 10.6 Å². The topological polar surface area (TPSA) is 84.7 Å². The average Bonchev–Trinajstić information content (AvgIpc) is 3.32. The second kappa shape index (κ2) is 7.35. The Labute approximate surface area is 155 Å². The van der Waals surface area contributed by atoms with Gasteiger partial charge in [-0.25, -0.2) is 9.67 Å². The van der Waals surface area contributed by atoms with Crippen molar-refractivity contribution in [2.75, 3.05) is 18.4 Å². The molecule has 1 aliphatic heterocycles. The van der Waals surface area contributed by atoms with E-state index < -0.39 is 0 Å². The summed E-state index contributed by atoms with van der Waals surface area (Å²) >= 11 is 1.57. The van der Waals surface area contributed by atoms with Crippen LogP contribution < -0.4 is 10.6 Å². The Bertz CT molecular complexity index is 898. The Balaban J connectivity index is 1.52. The summed E-state index contributed by atoms with van der Waals surface area (Å²) in [6, 6.07) is 7.97. The molecule has 0 radical (unpaired) electrons. The molecule has 1 fully saturated rings. The van der Waals surface area contributed by atoms with Gasteiger partial charge in [-0.15, -0.1) is 16.4 Å². The van der Waals surface area contributed by atoms with Gasteiger partial charge >= 0.3 is 0 Å². The van der Waals surface area contributed by atoms with E-state index >= 15 is 0 Å². The molecule has 0 bridgehead atoms. The molecule has 1 aromatic carbocycles. The van der Waals surface area contributed by atoms with Crippen LogP contribution in [0.5, 0.6) is 0 Å². The zero-order valence-electron chi connectivity index (χ0n) is 14.5. The molecule has 0 spiro atoms. The molecule has 0 unspecified atom stereocenters. The molecule has 2 N–H and O–H groups in total. The number of rotatable bonds is 4.